The maximum Gasteiger partial charge on any atom is 0.0639 e. The fraction of sp³-hybridized carbons (Fsp3) is 0.625. The number of hydrogen-bond acceptors (Lipinski definition) is 1. The summed E-state index contributed by atoms with van der Waals surface area (Å²) in [6.45, 7) is 4.53. The maximum atomic E-state index is 6.29. The van der Waals surface area contributed by atoms with Crippen molar-refractivity contribution in [2.45, 2.75) is 58.0 Å². The molecule has 1 aromatic carbocycles. The zero-order chi connectivity index (χ0) is 13.8. The molecule has 3 unspecified atom stereocenters. The van der Waals surface area contributed by atoms with Crippen molar-refractivity contribution in [3.8, 4) is 0 Å². The lowest BCUT2D eigenvalue weighted by Crippen LogP contribution is -2.31. The molecule has 0 amide bonds. The summed E-state index contributed by atoms with van der Waals surface area (Å²) < 4.78 is 0. The summed E-state index contributed by atoms with van der Waals surface area (Å²) in [6, 6.07) is 6.73. The first-order chi connectivity index (χ1) is 9.08. The highest BCUT2D eigenvalue weighted by atomic mass is 35.5. The van der Waals surface area contributed by atoms with Crippen molar-refractivity contribution < 1.29 is 0 Å². The van der Waals surface area contributed by atoms with E-state index in [0.717, 1.165) is 11.5 Å². The molecule has 0 bridgehead atoms. The molecule has 1 aliphatic rings. The molecule has 2 rings (SSSR count). The van der Waals surface area contributed by atoms with E-state index in [4.69, 9.17) is 23.2 Å². The number of benzene rings is 1. The molecule has 1 aliphatic carbocycles. The van der Waals surface area contributed by atoms with Gasteiger partial charge in [-0.15, -0.1) is 0 Å². The van der Waals surface area contributed by atoms with Crippen LogP contribution >= 0.6 is 23.2 Å². The summed E-state index contributed by atoms with van der Waals surface area (Å²) in [7, 11) is 0. The third-order valence-electron chi connectivity index (χ3n) is 4.19. The molecule has 0 aliphatic heterocycles. The highest BCUT2D eigenvalue weighted by Gasteiger charge is 2.19. The standard InChI is InChI=1S/C16H23Cl2N/c1-11-5-3-6-13(10-9-11)19-12(2)14-7-4-8-15(17)16(14)18/h4,7-8,11-13,19H,3,5-6,9-10H2,1-2H3. The summed E-state index contributed by atoms with van der Waals surface area (Å²) >= 11 is 12.4. The van der Waals surface area contributed by atoms with Gasteiger partial charge < -0.3 is 5.32 Å². The van der Waals surface area contributed by atoms with Crippen LogP contribution in [0, 0.1) is 5.92 Å². The Bertz CT molecular complexity index is 419. The smallest absolute Gasteiger partial charge is 0.0639 e. The molecular weight excluding hydrogens is 277 g/mol. The molecule has 1 nitrogen and oxygen atoms in total. The Hall–Kier alpha value is -0.240. The second-order valence-electron chi connectivity index (χ2n) is 5.84. The molecule has 3 heteroatoms. The van der Waals surface area contributed by atoms with Gasteiger partial charge in [-0.1, -0.05) is 55.1 Å². The van der Waals surface area contributed by atoms with E-state index in [9.17, 15) is 0 Å². The Morgan fingerprint density at radius 1 is 1.16 bits per heavy atom. The Balaban J connectivity index is 2.00. The molecule has 1 aromatic rings. The highest BCUT2D eigenvalue weighted by Crippen LogP contribution is 2.31. The van der Waals surface area contributed by atoms with Crippen LogP contribution < -0.4 is 5.32 Å². The lowest BCUT2D eigenvalue weighted by atomic mass is 10.0. The van der Waals surface area contributed by atoms with E-state index in [-0.39, 0.29) is 6.04 Å². The Morgan fingerprint density at radius 2 is 1.95 bits per heavy atom. The van der Waals surface area contributed by atoms with Gasteiger partial charge in [0.15, 0.2) is 0 Å². The van der Waals surface area contributed by atoms with Gasteiger partial charge in [0.05, 0.1) is 10.0 Å². The molecule has 19 heavy (non-hydrogen) atoms. The van der Waals surface area contributed by atoms with Crippen molar-refractivity contribution >= 4 is 23.2 Å². The lowest BCUT2D eigenvalue weighted by Gasteiger charge is -2.23. The van der Waals surface area contributed by atoms with Crippen molar-refractivity contribution in [3.63, 3.8) is 0 Å². The van der Waals surface area contributed by atoms with Gasteiger partial charge in [0.1, 0.15) is 0 Å². The minimum atomic E-state index is 0.254. The van der Waals surface area contributed by atoms with E-state index in [1.807, 2.05) is 12.1 Å². The van der Waals surface area contributed by atoms with Gasteiger partial charge in [-0.2, -0.15) is 0 Å². The Labute approximate surface area is 126 Å². The summed E-state index contributed by atoms with van der Waals surface area (Å²) in [4.78, 5) is 0. The maximum absolute atomic E-state index is 6.29. The first-order valence-corrected chi connectivity index (χ1v) is 8.03. The average Bonchev–Trinajstić information content (AvgIpc) is 2.58. The third kappa shape index (κ3) is 4.11. The predicted octanol–water partition coefficient (Wildman–Crippen LogP) is 5.61. The molecule has 0 heterocycles. The molecule has 3 atom stereocenters. The van der Waals surface area contributed by atoms with E-state index >= 15 is 0 Å². The lowest BCUT2D eigenvalue weighted by molar-refractivity contribution is 0.408. The van der Waals surface area contributed by atoms with Crippen molar-refractivity contribution in [1.82, 2.24) is 5.32 Å². The van der Waals surface area contributed by atoms with E-state index in [1.54, 1.807) is 0 Å². The van der Waals surface area contributed by atoms with Crippen LogP contribution in [-0.4, -0.2) is 6.04 Å². The van der Waals surface area contributed by atoms with E-state index < -0.39 is 0 Å². The number of rotatable bonds is 3. The molecule has 1 N–H and O–H groups in total. The minimum absolute atomic E-state index is 0.254. The van der Waals surface area contributed by atoms with Gasteiger partial charge in [0.25, 0.3) is 0 Å². The van der Waals surface area contributed by atoms with Gasteiger partial charge >= 0.3 is 0 Å². The van der Waals surface area contributed by atoms with Crippen molar-refractivity contribution in [2.75, 3.05) is 0 Å². The predicted molar refractivity (Wildman–Crippen MR) is 84.0 cm³/mol. The SMILES string of the molecule is CC1CCCC(NC(C)c2cccc(Cl)c2Cl)CC1. The Morgan fingerprint density at radius 3 is 2.74 bits per heavy atom. The number of nitrogens with one attached hydrogen (secondary N) is 1. The normalized spacial score (nSPS) is 25.9. The van der Waals surface area contributed by atoms with Crippen LogP contribution in [0.5, 0.6) is 0 Å². The van der Waals surface area contributed by atoms with Crippen LogP contribution in [0.2, 0.25) is 10.0 Å². The van der Waals surface area contributed by atoms with Gasteiger partial charge in [-0.05, 0) is 43.7 Å². The van der Waals surface area contributed by atoms with Crippen LogP contribution in [0.3, 0.4) is 0 Å². The summed E-state index contributed by atoms with van der Waals surface area (Å²) in [5.41, 5.74) is 1.10. The van der Waals surface area contributed by atoms with Gasteiger partial charge in [0.2, 0.25) is 0 Å². The van der Waals surface area contributed by atoms with E-state index in [0.29, 0.717) is 16.1 Å². The number of hydrogen-bond donors (Lipinski definition) is 1. The van der Waals surface area contributed by atoms with Crippen LogP contribution in [0.25, 0.3) is 0 Å². The third-order valence-corrected chi connectivity index (χ3v) is 5.02. The largest absolute Gasteiger partial charge is 0.307 e. The topological polar surface area (TPSA) is 12.0 Å². The fourth-order valence-corrected chi connectivity index (χ4v) is 3.42. The van der Waals surface area contributed by atoms with Gasteiger partial charge in [0, 0.05) is 12.1 Å². The summed E-state index contributed by atoms with van der Waals surface area (Å²) in [5, 5.41) is 5.05. The molecule has 0 spiro atoms. The van der Waals surface area contributed by atoms with E-state index in [2.05, 4.69) is 25.2 Å². The molecule has 0 radical (unpaired) electrons. The zero-order valence-corrected chi connectivity index (χ0v) is 13.3. The monoisotopic (exact) mass is 299 g/mol. The second-order valence-corrected chi connectivity index (χ2v) is 6.63. The molecule has 0 aromatic heterocycles. The first kappa shape index (κ1) is 15.2. The second kappa shape index (κ2) is 6.97. The average molecular weight is 300 g/mol. The minimum Gasteiger partial charge on any atom is -0.307 e. The van der Waals surface area contributed by atoms with Crippen LogP contribution in [0.1, 0.15) is 57.6 Å². The van der Waals surface area contributed by atoms with Crippen molar-refractivity contribution in [2.24, 2.45) is 5.92 Å². The van der Waals surface area contributed by atoms with Crippen LogP contribution in [-0.2, 0) is 0 Å². The van der Waals surface area contributed by atoms with Crippen LogP contribution in [0.4, 0.5) is 0 Å². The zero-order valence-electron chi connectivity index (χ0n) is 11.8. The molecule has 1 saturated carbocycles. The van der Waals surface area contributed by atoms with Crippen LogP contribution in [0.15, 0.2) is 18.2 Å². The first-order valence-electron chi connectivity index (χ1n) is 7.28. The summed E-state index contributed by atoms with van der Waals surface area (Å²) in [6.07, 6.45) is 6.56. The molecule has 106 valence electrons. The van der Waals surface area contributed by atoms with Gasteiger partial charge in [-0.25, -0.2) is 0 Å². The van der Waals surface area contributed by atoms with Crippen molar-refractivity contribution in [3.05, 3.63) is 33.8 Å². The van der Waals surface area contributed by atoms with Crippen molar-refractivity contribution in [1.29, 1.82) is 0 Å². The summed E-state index contributed by atoms with van der Waals surface area (Å²) in [5.74, 6) is 0.872. The van der Waals surface area contributed by atoms with E-state index in [1.165, 1.54) is 32.1 Å². The Kier molecular flexibility index (Phi) is 5.56. The quantitative estimate of drug-likeness (QED) is 0.715. The fourth-order valence-electron chi connectivity index (χ4n) is 2.95. The highest BCUT2D eigenvalue weighted by molar-refractivity contribution is 6.42. The molecular formula is C16H23Cl2N. The molecule has 0 saturated heterocycles. The number of halogens is 2. The van der Waals surface area contributed by atoms with Gasteiger partial charge in [-0.3, -0.25) is 0 Å². The molecule has 1 fully saturated rings.